The Hall–Kier alpha value is -1.51. The highest BCUT2D eigenvalue weighted by molar-refractivity contribution is 7.90. The van der Waals surface area contributed by atoms with Crippen LogP contribution in [0.1, 0.15) is 13.3 Å². The van der Waals surface area contributed by atoms with Crippen LogP contribution in [-0.4, -0.2) is 50.8 Å². The van der Waals surface area contributed by atoms with Gasteiger partial charge in [0.05, 0.1) is 0 Å². The first kappa shape index (κ1) is 24.5. The zero-order valence-electron chi connectivity index (χ0n) is 12.8. The summed E-state index contributed by atoms with van der Waals surface area (Å²) in [6.07, 6.45) is -7.05. The van der Waals surface area contributed by atoms with Gasteiger partial charge in [0.25, 0.3) is 10.0 Å². The van der Waals surface area contributed by atoms with E-state index in [4.69, 9.17) is 0 Å². The highest BCUT2D eigenvalue weighted by Crippen LogP contribution is 2.54. The predicted octanol–water partition coefficient (Wildman–Crippen LogP) is 2.84. The topological polar surface area (TPSA) is 72.5 Å². The Bertz CT molecular complexity index is 643. The maximum absolute atomic E-state index is 13.3. The van der Waals surface area contributed by atoms with Gasteiger partial charge in [-0.1, -0.05) is 13.5 Å². The molecule has 0 amide bonds. The Kier molecular flexibility index (Phi) is 7.18. The molecule has 0 fully saturated rings. The number of halogens is 9. The maximum Gasteiger partial charge on any atom is 0.460 e. The lowest BCUT2D eigenvalue weighted by Gasteiger charge is -2.33. The Morgan fingerprint density at radius 1 is 1.00 bits per heavy atom. The smallest absolute Gasteiger partial charge is 0.460 e. The molecule has 0 aliphatic carbocycles. The summed E-state index contributed by atoms with van der Waals surface area (Å²) in [4.78, 5) is 11.1. The molecule has 0 bridgehead atoms. The van der Waals surface area contributed by atoms with Gasteiger partial charge in [0.1, 0.15) is 6.61 Å². The van der Waals surface area contributed by atoms with E-state index in [0.29, 0.717) is 4.72 Å². The van der Waals surface area contributed by atoms with Gasteiger partial charge < -0.3 is 4.74 Å². The highest BCUT2D eigenvalue weighted by Gasteiger charge is 2.85. The molecular formula is C11H12F9NO4S. The Morgan fingerprint density at radius 2 is 1.46 bits per heavy atom. The second-order valence-corrected chi connectivity index (χ2v) is 6.46. The summed E-state index contributed by atoms with van der Waals surface area (Å²) in [5, 5.41) is -6.84. The minimum atomic E-state index is -7.34. The molecule has 15 heteroatoms. The normalized spacial score (nSPS) is 14.2. The maximum atomic E-state index is 13.3. The molecule has 0 aliphatic rings. The monoisotopic (exact) mass is 425 g/mol. The van der Waals surface area contributed by atoms with Crippen molar-refractivity contribution in [3.8, 4) is 0 Å². The number of ether oxygens (including phenoxy) is 1. The lowest BCUT2D eigenvalue weighted by molar-refractivity contribution is -0.382. The predicted molar refractivity (Wildman–Crippen MR) is 68.2 cm³/mol. The van der Waals surface area contributed by atoms with E-state index in [1.54, 1.807) is 0 Å². The molecule has 0 saturated heterocycles. The summed E-state index contributed by atoms with van der Waals surface area (Å²) < 4.78 is 141. The van der Waals surface area contributed by atoms with Gasteiger partial charge >= 0.3 is 29.2 Å². The third-order valence-electron chi connectivity index (χ3n) is 2.80. The van der Waals surface area contributed by atoms with Crippen molar-refractivity contribution in [2.45, 2.75) is 36.6 Å². The fraction of sp³-hybridized carbons (Fsp3) is 0.727. The van der Waals surface area contributed by atoms with Crippen molar-refractivity contribution in [3.05, 3.63) is 12.2 Å². The molecule has 154 valence electrons. The van der Waals surface area contributed by atoms with Crippen molar-refractivity contribution in [1.82, 2.24) is 4.72 Å². The molecule has 0 aromatic carbocycles. The first-order valence-electron chi connectivity index (χ1n) is 6.41. The number of hydrogen-bond acceptors (Lipinski definition) is 4. The van der Waals surface area contributed by atoms with E-state index < -0.39 is 52.4 Å². The van der Waals surface area contributed by atoms with Gasteiger partial charge in [-0.25, -0.2) is 17.9 Å². The lowest BCUT2D eigenvalue weighted by Crippen LogP contribution is -2.65. The third-order valence-corrected chi connectivity index (χ3v) is 4.31. The first-order chi connectivity index (χ1) is 11.4. The van der Waals surface area contributed by atoms with E-state index in [-0.39, 0.29) is 12.0 Å². The van der Waals surface area contributed by atoms with Crippen LogP contribution in [0, 0.1) is 0 Å². The standard InChI is InChI=1S/C11H12F9NO4S/c1-3-6(2)7(22)25-5-4-21-26(23,24)11(19,20)9(14,15)8(12,13)10(16,17)18/h21H,2-5H2,1H3. The van der Waals surface area contributed by atoms with Crippen molar-refractivity contribution in [3.63, 3.8) is 0 Å². The number of carbonyl (C=O) groups excluding carboxylic acids is 1. The van der Waals surface area contributed by atoms with Crippen LogP contribution >= 0.6 is 0 Å². The molecule has 0 rings (SSSR count). The average Bonchev–Trinajstić information content (AvgIpc) is 2.48. The zero-order chi connectivity index (χ0) is 21.2. The molecule has 0 aliphatic heterocycles. The molecule has 0 unspecified atom stereocenters. The van der Waals surface area contributed by atoms with Crippen LogP contribution in [0.25, 0.3) is 0 Å². The molecule has 0 aromatic rings. The van der Waals surface area contributed by atoms with E-state index >= 15 is 0 Å². The van der Waals surface area contributed by atoms with E-state index in [0.717, 1.165) is 0 Å². The Morgan fingerprint density at radius 3 is 1.85 bits per heavy atom. The molecule has 5 nitrogen and oxygen atoms in total. The van der Waals surface area contributed by atoms with E-state index in [1.807, 2.05) is 0 Å². The summed E-state index contributed by atoms with van der Waals surface area (Å²) in [5.74, 6) is -15.8. The van der Waals surface area contributed by atoms with E-state index in [2.05, 4.69) is 11.3 Å². The van der Waals surface area contributed by atoms with Crippen molar-refractivity contribution in [2.75, 3.05) is 13.2 Å². The second-order valence-electron chi connectivity index (χ2n) is 4.65. The minimum absolute atomic E-state index is 0.0986. The second kappa shape index (κ2) is 7.62. The van der Waals surface area contributed by atoms with Crippen LogP contribution in [0.3, 0.4) is 0 Å². The number of hydrogen-bond donors (Lipinski definition) is 1. The van der Waals surface area contributed by atoms with Crippen molar-refractivity contribution in [2.24, 2.45) is 0 Å². The average molecular weight is 425 g/mol. The number of alkyl halides is 9. The van der Waals surface area contributed by atoms with Crippen molar-refractivity contribution >= 4 is 16.0 Å². The Balaban J connectivity index is 5.27. The number of sulfonamides is 1. The van der Waals surface area contributed by atoms with Crippen LogP contribution in [-0.2, 0) is 19.6 Å². The van der Waals surface area contributed by atoms with Gasteiger partial charge in [-0.3, -0.25) is 0 Å². The molecule has 0 radical (unpaired) electrons. The Labute approximate surface area is 141 Å². The van der Waals surface area contributed by atoms with Crippen LogP contribution in [0.15, 0.2) is 12.2 Å². The van der Waals surface area contributed by atoms with Crippen LogP contribution in [0.2, 0.25) is 0 Å². The summed E-state index contributed by atoms with van der Waals surface area (Å²) in [7, 11) is -6.71. The minimum Gasteiger partial charge on any atom is -0.461 e. The zero-order valence-corrected chi connectivity index (χ0v) is 13.6. The molecule has 0 saturated carbocycles. The molecule has 0 atom stereocenters. The van der Waals surface area contributed by atoms with Gasteiger partial charge in [0.2, 0.25) is 0 Å². The van der Waals surface area contributed by atoms with Gasteiger partial charge in [-0.2, -0.15) is 39.5 Å². The fourth-order valence-electron chi connectivity index (χ4n) is 1.19. The number of esters is 1. The molecule has 0 spiro atoms. The van der Waals surface area contributed by atoms with Crippen molar-refractivity contribution < 1.29 is 57.5 Å². The van der Waals surface area contributed by atoms with Crippen LogP contribution < -0.4 is 4.72 Å². The SMILES string of the molecule is C=C(CC)C(=O)OCCNS(=O)(=O)C(F)(F)C(F)(F)C(F)(F)C(F)(F)F. The van der Waals surface area contributed by atoms with Gasteiger partial charge in [0, 0.05) is 12.1 Å². The van der Waals surface area contributed by atoms with E-state index in [1.165, 1.54) is 6.92 Å². The van der Waals surface area contributed by atoms with Gasteiger partial charge in [-0.05, 0) is 6.42 Å². The molecule has 1 N–H and O–H groups in total. The van der Waals surface area contributed by atoms with E-state index in [9.17, 15) is 52.7 Å². The van der Waals surface area contributed by atoms with Crippen molar-refractivity contribution in [1.29, 1.82) is 0 Å². The largest absolute Gasteiger partial charge is 0.461 e. The van der Waals surface area contributed by atoms with Gasteiger partial charge in [-0.15, -0.1) is 0 Å². The summed E-state index contributed by atoms with van der Waals surface area (Å²) >= 11 is 0. The summed E-state index contributed by atoms with van der Waals surface area (Å²) in [6, 6.07) is 0. The number of rotatable bonds is 9. The first-order valence-corrected chi connectivity index (χ1v) is 7.89. The summed E-state index contributed by atoms with van der Waals surface area (Å²) in [6.45, 7) is 2.37. The number of nitrogens with one attached hydrogen (secondary N) is 1. The molecule has 26 heavy (non-hydrogen) atoms. The van der Waals surface area contributed by atoms with Gasteiger partial charge in [0.15, 0.2) is 0 Å². The lowest BCUT2D eigenvalue weighted by atomic mass is 10.1. The van der Waals surface area contributed by atoms with Crippen LogP contribution in [0.5, 0.6) is 0 Å². The third kappa shape index (κ3) is 4.42. The number of carbonyl (C=O) groups is 1. The molecule has 0 heterocycles. The molecular weight excluding hydrogens is 413 g/mol. The summed E-state index contributed by atoms with van der Waals surface area (Å²) in [5.41, 5.74) is -0.116. The quantitative estimate of drug-likeness (QED) is 0.267. The molecule has 0 aromatic heterocycles. The fourth-order valence-corrected chi connectivity index (χ4v) is 2.19. The highest BCUT2D eigenvalue weighted by atomic mass is 32.2. The van der Waals surface area contributed by atoms with Crippen LogP contribution in [0.4, 0.5) is 39.5 Å².